The summed E-state index contributed by atoms with van der Waals surface area (Å²) in [6, 6.07) is 11.9. The number of para-hydroxylation sites is 3. The number of rotatable bonds is 5. The van der Waals surface area contributed by atoms with E-state index >= 15 is 0 Å². The molecule has 1 aromatic heterocycles. The van der Waals surface area contributed by atoms with Crippen molar-refractivity contribution in [1.29, 1.82) is 0 Å². The van der Waals surface area contributed by atoms with E-state index in [4.69, 9.17) is 0 Å². The van der Waals surface area contributed by atoms with Crippen LogP contribution in [0, 0.1) is 0 Å². The van der Waals surface area contributed by atoms with Crippen LogP contribution in [0.4, 0.5) is 23.7 Å². The molecule has 1 aliphatic rings. The fourth-order valence-electron chi connectivity index (χ4n) is 4.17. The van der Waals surface area contributed by atoms with Crippen molar-refractivity contribution in [1.82, 2.24) is 19.8 Å². The third-order valence-corrected chi connectivity index (χ3v) is 5.74. The van der Waals surface area contributed by atoms with Crippen LogP contribution in [0.5, 0.6) is 0 Å². The number of nitrogens with zero attached hydrogens (tertiary/aromatic N) is 2. The number of aromatic nitrogens is 2. The lowest BCUT2D eigenvalue weighted by atomic mass is 10.0. The number of benzene rings is 2. The van der Waals surface area contributed by atoms with E-state index in [1.165, 1.54) is 18.2 Å². The van der Waals surface area contributed by atoms with Gasteiger partial charge in [0.1, 0.15) is 0 Å². The van der Waals surface area contributed by atoms with Gasteiger partial charge in [0, 0.05) is 32.2 Å². The molecular weight excluding hydrogens is 423 g/mol. The molecule has 2 heterocycles. The summed E-state index contributed by atoms with van der Waals surface area (Å²) in [6.45, 7) is 2.40. The monoisotopic (exact) mass is 447 g/mol. The van der Waals surface area contributed by atoms with Gasteiger partial charge in [-0.05, 0) is 37.1 Å². The summed E-state index contributed by atoms with van der Waals surface area (Å²) in [5.74, 6) is 0. The Hall–Kier alpha value is -3.27. The maximum Gasteiger partial charge on any atom is 0.418 e. The van der Waals surface area contributed by atoms with Crippen molar-refractivity contribution >= 4 is 22.8 Å². The van der Waals surface area contributed by atoms with Crippen LogP contribution >= 0.6 is 0 Å². The average molecular weight is 447 g/mol. The fourth-order valence-corrected chi connectivity index (χ4v) is 4.17. The van der Waals surface area contributed by atoms with Gasteiger partial charge < -0.3 is 20.5 Å². The molecule has 1 aliphatic heterocycles. The minimum atomic E-state index is -4.54. The van der Waals surface area contributed by atoms with Crippen molar-refractivity contribution in [2.75, 3.05) is 31.5 Å². The Labute approximate surface area is 182 Å². The van der Waals surface area contributed by atoms with Crippen LogP contribution in [0.3, 0.4) is 0 Å². The normalized spacial score (nSPS) is 15.7. The first kappa shape index (κ1) is 21.9. The third kappa shape index (κ3) is 4.80. The number of H-pyrrole nitrogens is 1. The van der Waals surface area contributed by atoms with Gasteiger partial charge in [-0.15, -0.1) is 0 Å². The number of alkyl halides is 3. The number of urea groups is 1. The van der Waals surface area contributed by atoms with Crippen molar-refractivity contribution in [2.45, 2.75) is 25.1 Å². The molecular formula is C22H24F3N5O2. The zero-order valence-corrected chi connectivity index (χ0v) is 17.3. The van der Waals surface area contributed by atoms with E-state index in [2.05, 4.69) is 20.5 Å². The van der Waals surface area contributed by atoms with Crippen LogP contribution in [-0.4, -0.2) is 46.7 Å². The van der Waals surface area contributed by atoms with Gasteiger partial charge in [0.25, 0.3) is 0 Å². The van der Waals surface area contributed by atoms with Gasteiger partial charge in [-0.2, -0.15) is 13.2 Å². The molecule has 3 N–H and O–H groups in total. The Bertz CT molecular complexity index is 1150. The second-order valence-corrected chi connectivity index (χ2v) is 7.81. The highest BCUT2D eigenvalue weighted by atomic mass is 19.4. The largest absolute Gasteiger partial charge is 0.418 e. The summed E-state index contributed by atoms with van der Waals surface area (Å²) in [4.78, 5) is 29.5. The lowest BCUT2D eigenvalue weighted by molar-refractivity contribution is -0.136. The predicted molar refractivity (Wildman–Crippen MR) is 116 cm³/mol. The molecule has 0 atom stereocenters. The first-order chi connectivity index (χ1) is 15.3. The van der Waals surface area contributed by atoms with E-state index in [-0.39, 0.29) is 17.4 Å². The quantitative estimate of drug-likeness (QED) is 0.556. The molecule has 0 spiro atoms. The number of anilines is 1. The number of aromatic amines is 1. The van der Waals surface area contributed by atoms with Gasteiger partial charge >= 0.3 is 17.9 Å². The first-order valence-electron chi connectivity index (χ1n) is 10.5. The number of halogens is 3. The van der Waals surface area contributed by atoms with E-state index in [0.717, 1.165) is 43.0 Å². The zero-order chi connectivity index (χ0) is 22.7. The molecule has 32 heavy (non-hydrogen) atoms. The second-order valence-electron chi connectivity index (χ2n) is 7.81. The smallest absolute Gasteiger partial charge is 0.337 e. The van der Waals surface area contributed by atoms with Gasteiger partial charge in [0.2, 0.25) is 0 Å². The number of carbonyl (C=O) groups is 1. The number of nitrogens with one attached hydrogen (secondary N) is 3. The fraction of sp³-hybridized carbons (Fsp3) is 0.364. The molecule has 1 fully saturated rings. The van der Waals surface area contributed by atoms with Crippen molar-refractivity contribution in [3.63, 3.8) is 0 Å². The highest BCUT2D eigenvalue weighted by Crippen LogP contribution is 2.34. The van der Waals surface area contributed by atoms with E-state index in [1.807, 2.05) is 28.8 Å². The molecule has 4 rings (SSSR count). The van der Waals surface area contributed by atoms with Gasteiger partial charge in [0.05, 0.1) is 22.3 Å². The summed E-state index contributed by atoms with van der Waals surface area (Å²) in [5, 5.41) is 4.88. The minimum absolute atomic E-state index is 0.102. The standard InChI is InChI=1S/C22H24F3N5O2/c23-22(24,25)16-5-1-2-6-17(16)27-20(31)26-11-14-29-12-9-15(10-13-29)30-19-8-4-3-7-18(19)28-21(30)32/h1-8,15H,9-14H2,(H,28,32)(H2,26,27,31). The van der Waals surface area contributed by atoms with Crippen molar-refractivity contribution in [3.8, 4) is 0 Å². The van der Waals surface area contributed by atoms with Crippen LogP contribution in [0.15, 0.2) is 53.3 Å². The Morgan fingerprint density at radius 1 is 1.06 bits per heavy atom. The number of hydrogen-bond acceptors (Lipinski definition) is 3. The van der Waals surface area contributed by atoms with Crippen molar-refractivity contribution in [3.05, 3.63) is 64.6 Å². The second kappa shape index (κ2) is 9.07. The lowest BCUT2D eigenvalue weighted by Gasteiger charge is -2.32. The predicted octanol–water partition coefficient (Wildman–Crippen LogP) is 3.81. The number of fused-ring (bicyclic) bond motifs is 1. The molecule has 0 unspecified atom stereocenters. The molecule has 0 aliphatic carbocycles. The summed E-state index contributed by atoms with van der Waals surface area (Å²) in [5.41, 5.74) is 0.449. The molecule has 7 nitrogen and oxygen atoms in total. The Kier molecular flexibility index (Phi) is 6.22. The van der Waals surface area contributed by atoms with Gasteiger partial charge in [-0.1, -0.05) is 24.3 Å². The number of likely N-dealkylation sites (tertiary alicyclic amines) is 1. The number of imidazole rings is 1. The first-order valence-corrected chi connectivity index (χ1v) is 10.5. The van der Waals surface area contributed by atoms with Gasteiger partial charge in [0.15, 0.2) is 0 Å². The van der Waals surface area contributed by atoms with E-state index in [1.54, 1.807) is 0 Å². The summed E-state index contributed by atoms with van der Waals surface area (Å²) >= 11 is 0. The molecule has 3 aromatic rings. The van der Waals surface area contributed by atoms with E-state index in [9.17, 15) is 22.8 Å². The molecule has 0 radical (unpaired) electrons. The lowest BCUT2D eigenvalue weighted by Crippen LogP contribution is -2.42. The number of carbonyl (C=O) groups excluding carboxylic acids is 1. The number of amides is 2. The Morgan fingerprint density at radius 3 is 2.50 bits per heavy atom. The minimum Gasteiger partial charge on any atom is -0.337 e. The van der Waals surface area contributed by atoms with Crippen molar-refractivity contribution in [2.24, 2.45) is 0 Å². The molecule has 2 aromatic carbocycles. The summed E-state index contributed by atoms with van der Waals surface area (Å²) in [7, 11) is 0. The molecule has 2 amide bonds. The van der Waals surface area contributed by atoms with E-state index < -0.39 is 17.8 Å². The molecule has 170 valence electrons. The molecule has 10 heteroatoms. The maximum absolute atomic E-state index is 13.0. The Morgan fingerprint density at radius 2 is 1.75 bits per heavy atom. The topological polar surface area (TPSA) is 82.2 Å². The Balaban J connectivity index is 1.26. The summed E-state index contributed by atoms with van der Waals surface area (Å²) in [6.07, 6.45) is -2.94. The van der Waals surface area contributed by atoms with Crippen LogP contribution in [-0.2, 0) is 6.18 Å². The molecule has 1 saturated heterocycles. The highest BCUT2D eigenvalue weighted by Gasteiger charge is 2.33. The highest BCUT2D eigenvalue weighted by molar-refractivity contribution is 5.90. The number of piperidine rings is 1. The third-order valence-electron chi connectivity index (χ3n) is 5.74. The van der Waals surface area contributed by atoms with Gasteiger partial charge in [-0.25, -0.2) is 9.59 Å². The molecule has 0 bridgehead atoms. The summed E-state index contributed by atoms with van der Waals surface area (Å²) < 4.78 is 40.9. The number of hydrogen-bond donors (Lipinski definition) is 3. The van der Waals surface area contributed by atoms with Crippen molar-refractivity contribution < 1.29 is 18.0 Å². The zero-order valence-electron chi connectivity index (χ0n) is 17.3. The SMILES string of the molecule is O=C(NCCN1CCC(n2c(=O)[nH]c3ccccc32)CC1)Nc1ccccc1C(F)(F)F. The van der Waals surface area contributed by atoms with Crippen LogP contribution in [0.25, 0.3) is 11.0 Å². The van der Waals surface area contributed by atoms with Crippen LogP contribution in [0.2, 0.25) is 0 Å². The van der Waals surface area contributed by atoms with E-state index in [0.29, 0.717) is 13.1 Å². The van der Waals surface area contributed by atoms with Gasteiger partial charge in [-0.3, -0.25) is 4.57 Å². The molecule has 0 saturated carbocycles. The van der Waals surface area contributed by atoms with Crippen LogP contribution < -0.4 is 16.3 Å². The van der Waals surface area contributed by atoms with Crippen LogP contribution in [0.1, 0.15) is 24.4 Å². The maximum atomic E-state index is 13.0. The average Bonchev–Trinajstić information content (AvgIpc) is 3.09.